The molecule has 0 aliphatic heterocycles. The molecule has 0 atom stereocenters. The molecule has 0 bridgehead atoms. The van der Waals surface area contributed by atoms with Crippen molar-refractivity contribution in [3.63, 3.8) is 0 Å². The molecule has 1 aromatic rings. The average molecular weight is 280 g/mol. The molecular weight excluding hydrogens is 269 g/mol. The summed E-state index contributed by atoms with van der Waals surface area (Å²) in [5.74, 6) is -2.31. The van der Waals surface area contributed by atoms with Gasteiger partial charge < -0.3 is 9.80 Å². The van der Waals surface area contributed by atoms with Crippen LogP contribution in [0.2, 0.25) is 0 Å². The molecule has 1 rings (SSSR count). The molecular formula is C8H11F3N6O2. The molecule has 0 radical (unpaired) electrons. The Morgan fingerprint density at radius 3 is 2.37 bits per heavy atom. The van der Waals surface area contributed by atoms with E-state index in [-0.39, 0.29) is 0 Å². The van der Waals surface area contributed by atoms with E-state index in [1.807, 2.05) is 5.21 Å². The number of rotatable bonds is 4. The van der Waals surface area contributed by atoms with Crippen molar-refractivity contribution in [3.8, 4) is 0 Å². The predicted molar refractivity (Wildman–Crippen MR) is 54.8 cm³/mol. The number of nitrogens with zero attached hydrogens (tertiary/aromatic N) is 5. The molecule has 0 aliphatic carbocycles. The minimum atomic E-state index is -4.63. The summed E-state index contributed by atoms with van der Waals surface area (Å²) < 4.78 is 37.1. The van der Waals surface area contributed by atoms with Gasteiger partial charge in [-0.25, -0.2) is 0 Å². The number of aromatic amines is 1. The second-order valence-corrected chi connectivity index (χ2v) is 3.80. The van der Waals surface area contributed by atoms with Crippen LogP contribution in [0.3, 0.4) is 0 Å². The first-order chi connectivity index (χ1) is 8.70. The van der Waals surface area contributed by atoms with Crippen molar-refractivity contribution in [1.29, 1.82) is 0 Å². The number of amides is 2. The first-order valence-corrected chi connectivity index (χ1v) is 5.00. The predicted octanol–water partition coefficient (Wildman–Crippen LogP) is -0.708. The lowest BCUT2D eigenvalue weighted by atomic mass is 10.4. The Labute approximate surface area is 105 Å². The van der Waals surface area contributed by atoms with Crippen LogP contribution in [0.15, 0.2) is 0 Å². The van der Waals surface area contributed by atoms with E-state index < -0.39 is 36.9 Å². The fraction of sp³-hybridized carbons (Fsp3) is 0.625. The third-order valence-corrected chi connectivity index (χ3v) is 2.02. The topological polar surface area (TPSA) is 95.1 Å². The molecule has 0 spiro atoms. The number of halogens is 3. The van der Waals surface area contributed by atoms with Crippen molar-refractivity contribution < 1.29 is 22.8 Å². The molecule has 1 aromatic heterocycles. The van der Waals surface area contributed by atoms with E-state index in [1.165, 1.54) is 14.1 Å². The largest absolute Gasteiger partial charge is 0.406 e. The van der Waals surface area contributed by atoms with E-state index in [9.17, 15) is 22.8 Å². The van der Waals surface area contributed by atoms with Crippen LogP contribution in [0, 0.1) is 0 Å². The smallest absolute Gasteiger partial charge is 0.347 e. The van der Waals surface area contributed by atoms with Gasteiger partial charge in [0.25, 0.3) is 11.7 Å². The minimum absolute atomic E-state index is 0.313. The third-order valence-electron chi connectivity index (χ3n) is 2.02. The molecule has 0 fully saturated rings. The van der Waals surface area contributed by atoms with Gasteiger partial charge >= 0.3 is 6.18 Å². The van der Waals surface area contributed by atoms with E-state index in [1.54, 1.807) is 0 Å². The molecule has 19 heavy (non-hydrogen) atoms. The first-order valence-electron chi connectivity index (χ1n) is 5.00. The second kappa shape index (κ2) is 5.63. The van der Waals surface area contributed by atoms with Crippen LogP contribution in [0.5, 0.6) is 0 Å². The number of carbonyl (C=O) groups is 2. The Kier molecular flexibility index (Phi) is 4.40. The van der Waals surface area contributed by atoms with Crippen molar-refractivity contribution in [3.05, 3.63) is 5.82 Å². The zero-order chi connectivity index (χ0) is 14.6. The van der Waals surface area contributed by atoms with E-state index in [0.29, 0.717) is 4.90 Å². The molecule has 0 aromatic carbocycles. The number of hydrogen-bond donors (Lipinski definition) is 1. The van der Waals surface area contributed by atoms with Crippen molar-refractivity contribution in [2.75, 3.05) is 27.2 Å². The van der Waals surface area contributed by atoms with Crippen LogP contribution in [-0.4, -0.2) is 75.6 Å². The first kappa shape index (κ1) is 14.9. The van der Waals surface area contributed by atoms with Crippen molar-refractivity contribution in [2.45, 2.75) is 6.18 Å². The number of hydrogen-bond acceptors (Lipinski definition) is 5. The highest BCUT2D eigenvalue weighted by molar-refractivity contribution is 5.93. The van der Waals surface area contributed by atoms with Gasteiger partial charge in [-0.1, -0.05) is 0 Å². The Hall–Kier alpha value is -2.20. The quantitative estimate of drug-likeness (QED) is 0.786. The maximum absolute atomic E-state index is 12.4. The molecule has 0 aliphatic rings. The lowest BCUT2D eigenvalue weighted by Gasteiger charge is -2.23. The highest BCUT2D eigenvalue weighted by Gasteiger charge is 2.35. The lowest BCUT2D eigenvalue weighted by molar-refractivity contribution is -0.146. The molecule has 1 heterocycles. The van der Waals surface area contributed by atoms with E-state index in [2.05, 4.69) is 15.4 Å². The summed E-state index contributed by atoms with van der Waals surface area (Å²) in [4.78, 5) is 24.5. The zero-order valence-electron chi connectivity index (χ0n) is 10.1. The van der Waals surface area contributed by atoms with Crippen LogP contribution in [0.4, 0.5) is 13.2 Å². The Morgan fingerprint density at radius 1 is 1.32 bits per heavy atom. The van der Waals surface area contributed by atoms with Crippen LogP contribution in [0.25, 0.3) is 0 Å². The van der Waals surface area contributed by atoms with Crippen LogP contribution >= 0.6 is 0 Å². The minimum Gasteiger partial charge on any atom is -0.347 e. The Morgan fingerprint density at radius 2 is 1.95 bits per heavy atom. The SMILES string of the molecule is CN(C)C(=O)CN(CC(F)(F)F)C(=O)c1nn[nH]n1. The molecule has 1 N–H and O–H groups in total. The molecule has 2 amide bonds. The number of tetrazole rings is 1. The third kappa shape index (κ3) is 4.52. The fourth-order valence-corrected chi connectivity index (χ4v) is 1.11. The number of alkyl halides is 3. The van der Waals surface area contributed by atoms with E-state index in [0.717, 1.165) is 4.90 Å². The molecule has 0 unspecified atom stereocenters. The molecule has 8 nitrogen and oxygen atoms in total. The summed E-state index contributed by atoms with van der Waals surface area (Å²) in [6.07, 6.45) is -4.63. The van der Waals surface area contributed by atoms with Gasteiger partial charge in [-0.3, -0.25) is 9.59 Å². The summed E-state index contributed by atoms with van der Waals surface area (Å²) in [6.45, 7) is -2.29. The normalized spacial score (nSPS) is 11.2. The van der Waals surface area contributed by atoms with Gasteiger partial charge in [0.1, 0.15) is 13.1 Å². The monoisotopic (exact) mass is 280 g/mol. The maximum Gasteiger partial charge on any atom is 0.406 e. The number of carbonyl (C=O) groups excluding carboxylic acids is 2. The summed E-state index contributed by atoms with van der Waals surface area (Å²) in [7, 11) is 2.74. The van der Waals surface area contributed by atoms with Crippen LogP contribution in [-0.2, 0) is 4.79 Å². The molecule has 106 valence electrons. The fourth-order valence-electron chi connectivity index (χ4n) is 1.11. The highest BCUT2D eigenvalue weighted by atomic mass is 19.4. The van der Waals surface area contributed by atoms with Gasteiger partial charge in [0, 0.05) is 14.1 Å². The maximum atomic E-state index is 12.4. The zero-order valence-corrected chi connectivity index (χ0v) is 10.1. The Balaban J connectivity index is 2.86. The van der Waals surface area contributed by atoms with Gasteiger partial charge in [-0.15, -0.1) is 10.2 Å². The highest BCUT2D eigenvalue weighted by Crippen LogP contribution is 2.17. The van der Waals surface area contributed by atoms with Crippen molar-refractivity contribution >= 4 is 11.8 Å². The van der Waals surface area contributed by atoms with Crippen LogP contribution in [0.1, 0.15) is 10.6 Å². The lowest BCUT2D eigenvalue weighted by Crippen LogP contribution is -2.45. The Bertz CT molecular complexity index is 444. The van der Waals surface area contributed by atoms with Crippen molar-refractivity contribution in [1.82, 2.24) is 30.4 Å². The van der Waals surface area contributed by atoms with Crippen LogP contribution < -0.4 is 0 Å². The summed E-state index contributed by atoms with van der Waals surface area (Å²) in [6, 6.07) is 0. The second-order valence-electron chi connectivity index (χ2n) is 3.80. The van der Waals surface area contributed by atoms with Crippen molar-refractivity contribution in [2.24, 2.45) is 0 Å². The van der Waals surface area contributed by atoms with Gasteiger partial charge in [0.2, 0.25) is 5.91 Å². The molecule has 11 heteroatoms. The number of H-pyrrole nitrogens is 1. The summed E-state index contributed by atoms with van der Waals surface area (Å²) in [5.41, 5.74) is 0. The van der Waals surface area contributed by atoms with E-state index in [4.69, 9.17) is 0 Å². The van der Waals surface area contributed by atoms with Gasteiger partial charge in [-0.2, -0.15) is 18.4 Å². The number of aromatic nitrogens is 4. The number of likely N-dealkylation sites (N-methyl/N-ethyl adjacent to an activating group) is 1. The van der Waals surface area contributed by atoms with Gasteiger partial charge in [0.15, 0.2) is 0 Å². The summed E-state index contributed by atoms with van der Waals surface area (Å²) in [5, 5.41) is 11.6. The van der Waals surface area contributed by atoms with Gasteiger partial charge in [0.05, 0.1) is 0 Å². The molecule has 0 saturated carbocycles. The summed E-state index contributed by atoms with van der Waals surface area (Å²) >= 11 is 0. The van der Waals surface area contributed by atoms with Gasteiger partial charge in [-0.05, 0) is 5.21 Å². The standard InChI is InChI=1S/C8H11F3N6O2/c1-16(2)5(18)3-17(4-8(9,10)11)7(19)6-12-14-15-13-6/h3-4H2,1-2H3,(H,12,13,14,15). The average Bonchev–Trinajstić information content (AvgIpc) is 2.78. The molecule has 0 saturated heterocycles. The number of nitrogens with one attached hydrogen (secondary N) is 1. The van der Waals surface area contributed by atoms with E-state index >= 15 is 0 Å².